The minimum absolute atomic E-state index is 0.0942. The maximum absolute atomic E-state index is 12.5. The van der Waals surface area contributed by atoms with Crippen LogP contribution in [0.4, 0.5) is 5.69 Å². The van der Waals surface area contributed by atoms with Crippen molar-refractivity contribution in [2.45, 2.75) is 19.8 Å². The molecule has 6 nitrogen and oxygen atoms in total. The number of nitrogens with one attached hydrogen (secondary N) is 2. The first kappa shape index (κ1) is 16.9. The van der Waals surface area contributed by atoms with Gasteiger partial charge in [0.05, 0.1) is 11.3 Å². The molecular formula is C18H14ClN3O3. The largest absolute Gasteiger partial charge is 0.325 e. The van der Waals surface area contributed by atoms with Crippen LogP contribution in [0.5, 0.6) is 0 Å². The lowest BCUT2D eigenvalue weighted by Gasteiger charge is -2.20. The van der Waals surface area contributed by atoms with E-state index in [1.807, 2.05) is 13.0 Å². The zero-order chi connectivity index (χ0) is 18.1. The van der Waals surface area contributed by atoms with Gasteiger partial charge in [0.2, 0.25) is 0 Å². The third-order valence-corrected chi connectivity index (χ3v) is 4.34. The molecule has 0 aliphatic heterocycles. The molecule has 126 valence electrons. The molecule has 1 heterocycles. The van der Waals surface area contributed by atoms with Crippen molar-refractivity contribution in [2.75, 3.05) is 5.32 Å². The molecule has 25 heavy (non-hydrogen) atoms. The Morgan fingerprint density at radius 3 is 2.80 bits per heavy atom. The van der Waals surface area contributed by atoms with E-state index in [0.29, 0.717) is 29.1 Å². The topological polar surface area (TPSA) is 103 Å². The molecular weight excluding hydrogens is 342 g/mol. The number of anilines is 1. The molecule has 1 aromatic heterocycles. The molecule has 2 aromatic rings. The summed E-state index contributed by atoms with van der Waals surface area (Å²) in [4.78, 5) is 39.5. The van der Waals surface area contributed by atoms with E-state index in [-0.39, 0.29) is 28.5 Å². The lowest BCUT2D eigenvalue weighted by atomic mass is 9.86. The van der Waals surface area contributed by atoms with Gasteiger partial charge in [-0.3, -0.25) is 14.4 Å². The molecule has 2 N–H and O–H groups in total. The van der Waals surface area contributed by atoms with Gasteiger partial charge in [-0.25, -0.2) is 0 Å². The number of ketones is 1. The molecule has 0 spiro atoms. The van der Waals surface area contributed by atoms with Gasteiger partial charge in [0.15, 0.2) is 5.78 Å². The highest BCUT2D eigenvalue weighted by atomic mass is 35.5. The predicted octanol–water partition coefficient (Wildman–Crippen LogP) is 2.92. The number of Topliss-reactive ketones (excluding diaryl/α,β-unsaturated/α-hetero) is 1. The van der Waals surface area contributed by atoms with Crippen molar-refractivity contribution in [1.29, 1.82) is 5.26 Å². The second-order valence-electron chi connectivity index (χ2n) is 6.10. The molecule has 1 aromatic carbocycles. The van der Waals surface area contributed by atoms with Crippen LogP contribution in [0.1, 0.15) is 45.3 Å². The Hall–Kier alpha value is -2.91. The van der Waals surface area contributed by atoms with Crippen LogP contribution < -0.4 is 10.9 Å². The van der Waals surface area contributed by atoms with E-state index >= 15 is 0 Å². The quantitative estimate of drug-likeness (QED) is 0.864. The maximum atomic E-state index is 12.5. The van der Waals surface area contributed by atoms with Crippen molar-refractivity contribution in [1.82, 2.24) is 4.98 Å². The van der Waals surface area contributed by atoms with Gasteiger partial charge in [0.25, 0.3) is 11.5 Å². The Morgan fingerprint density at radius 2 is 2.08 bits per heavy atom. The molecule has 7 heteroatoms. The zero-order valence-corrected chi connectivity index (χ0v) is 14.1. The van der Waals surface area contributed by atoms with E-state index in [1.54, 1.807) is 0 Å². The fraction of sp³-hybridized carbons (Fsp3) is 0.222. The molecule has 1 aliphatic carbocycles. The summed E-state index contributed by atoms with van der Waals surface area (Å²) in [5.74, 6) is -0.625. The number of fused-ring (bicyclic) bond motifs is 1. The maximum Gasteiger partial charge on any atom is 0.261 e. The molecule has 1 aliphatic rings. The Balaban J connectivity index is 1.96. The van der Waals surface area contributed by atoms with E-state index in [9.17, 15) is 14.4 Å². The van der Waals surface area contributed by atoms with Gasteiger partial charge < -0.3 is 10.3 Å². The molecule has 0 fully saturated rings. The second-order valence-corrected chi connectivity index (χ2v) is 6.53. The highest BCUT2D eigenvalue weighted by molar-refractivity contribution is 6.30. The second kappa shape index (κ2) is 6.54. The number of benzene rings is 1. The highest BCUT2D eigenvalue weighted by Crippen LogP contribution is 2.24. The number of nitriles is 1. The molecule has 0 saturated heterocycles. The first-order valence-corrected chi connectivity index (χ1v) is 8.07. The van der Waals surface area contributed by atoms with Crippen LogP contribution >= 0.6 is 11.6 Å². The summed E-state index contributed by atoms with van der Waals surface area (Å²) in [6.45, 7) is 1.93. The lowest BCUT2D eigenvalue weighted by Crippen LogP contribution is -2.29. The summed E-state index contributed by atoms with van der Waals surface area (Å²) < 4.78 is 0. The monoisotopic (exact) mass is 355 g/mol. The van der Waals surface area contributed by atoms with Crippen molar-refractivity contribution in [3.63, 3.8) is 0 Å². The van der Waals surface area contributed by atoms with Gasteiger partial charge in [0.1, 0.15) is 11.6 Å². The molecule has 0 saturated carbocycles. The fourth-order valence-electron chi connectivity index (χ4n) is 2.90. The lowest BCUT2D eigenvalue weighted by molar-refractivity contribution is 0.0952. The third-order valence-electron chi connectivity index (χ3n) is 4.10. The Bertz CT molecular complexity index is 988. The SMILES string of the molecule is CC1CC(=O)c2cc(C(=O)Nc3ccc(Cl)cc3C#N)c(=O)[nH]c2C1. The number of hydrogen-bond donors (Lipinski definition) is 2. The summed E-state index contributed by atoms with van der Waals surface area (Å²) in [7, 11) is 0. The van der Waals surface area contributed by atoms with Crippen LogP contribution in [-0.2, 0) is 6.42 Å². The number of halogens is 1. The summed E-state index contributed by atoms with van der Waals surface area (Å²) >= 11 is 5.83. The van der Waals surface area contributed by atoms with Crippen molar-refractivity contribution >= 4 is 29.0 Å². The molecule has 1 amide bonds. The van der Waals surface area contributed by atoms with Crippen molar-refractivity contribution in [3.05, 3.63) is 62.0 Å². The van der Waals surface area contributed by atoms with Gasteiger partial charge in [-0.15, -0.1) is 0 Å². The standard InChI is InChI=1S/C18H14ClN3O3/c1-9-4-15-12(16(23)5-9)7-13(18(25)22-15)17(24)21-14-3-2-11(19)6-10(14)8-20/h2-3,6-7,9H,4-5H2,1H3,(H,21,24)(H,22,25). The summed E-state index contributed by atoms with van der Waals surface area (Å²) in [5, 5.41) is 12.0. The first-order chi connectivity index (χ1) is 11.9. The van der Waals surface area contributed by atoms with E-state index in [1.165, 1.54) is 24.3 Å². The fourth-order valence-corrected chi connectivity index (χ4v) is 3.07. The summed E-state index contributed by atoms with van der Waals surface area (Å²) in [6.07, 6.45) is 0.976. The van der Waals surface area contributed by atoms with Crippen LogP contribution in [0.2, 0.25) is 5.02 Å². The van der Waals surface area contributed by atoms with E-state index < -0.39 is 11.5 Å². The number of amides is 1. The van der Waals surface area contributed by atoms with Gasteiger partial charge in [-0.05, 0) is 36.6 Å². The molecule has 1 atom stereocenters. The summed E-state index contributed by atoms with van der Waals surface area (Å²) in [5.41, 5.74) is 0.634. The van der Waals surface area contributed by atoms with Crippen LogP contribution in [0.25, 0.3) is 0 Å². The number of rotatable bonds is 2. The van der Waals surface area contributed by atoms with Crippen LogP contribution in [0.15, 0.2) is 29.1 Å². The van der Waals surface area contributed by atoms with Gasteiger partial charge in [-0.1, -0.05) is 18.5 Å². The average molecular weight is 356 g/mol. The Morgan fingerprint density at radius 1 is 1.32 bits per heavy atom. The van der Waals surface area contributed by atoms with Crippen molar-refractivity contribution in [3.8, 4) is 6.07 Å². The van der Waals surface area contributed by atoms with Crippen LogP contribution in [0, 0.1) is 17.2 Å². The number of carbonyl (C=O) groups excluding carboxylic acids is 2. The minimum Gasteiger partial charge on any atom is -0.325 e. The average Bonchev–Trinajstić information content (AvgIpc) is 2.55. The molecule has 1 unspecified atom stereocenters. The number of aromatic nitrogens is 1. The molecule has 0 bridgehead atoms. The Kier molecular flexibility index (Phi) is 4.43. The smallest absolute Gasteiger partial charge is 0.261 e. The predicted molar refractivity (Wildman–Crippen MR) is 93.0 cm³/mol. The number of aromatic amines is 1. The van der Waals surface area contributed by atoms with Crippen LogP contribution in [-0.4, -0.2) is 16.7 Å². The molecule has 3 rings (SSSR count). The third kappa shape index (κ3) is 3.32. The van der Waals surface area contributed by atoms with E-state index in [4.69, 9.17) is 16.9 Å². The van der Waals surface area contributed by atoms with Crippen LogP contribution in [0.3, 0.4) is 0 Å². The van der Waals surface area contributed by atoms with Gasteiger partial charge in [-0.2, -0.15) is 5.26 Å². The first-order valence-electron chi connectivity index (χ1n) is 7.69. The molecule has 0 radical (unpaired) electrons. The van der Waals surface area contributed by atoms with E-state index in [0.717, 1.165) is 0 Å². The van der Waals surface area contributed by atoms with E-state index in [2.05, 4.69) is 10.3 Å². The number of hydrogen-bond acceptors (Lipinski definition) is 4. The zero-order valence-electron chi connectivity index (χ0n) is 13.4. The Labute approximate surface area is 148 Å². The minimum atomic E-state index is -0.686. The van der Waals surface area contributed by atoms with Gasteiger partial charge in [0, 0.05) is 22.7 Å². The number of pyridine rings is 1. The van der Waals surface area contributed by atoms with Crippen molar-refractivity contribution in [2.24, 2.45) is 5.92 Å². The normalized spacial score (nSPS) is 16.0. The van der Waals surface area contributed by atoms with Gasteiger partial charge >= 0.3 is 0 Å². The highest BCUT2D eigenvalue weighted by Gasteiger charge is 2.25. The summed E-state index contributed by atoms with van der Waals surface area (Å²) in [6, 6.07) is 7.69. The number of nitrogens with zero attached hydrogens (tertiary/aromatic N) is 1. The number of H-pyrrole nitrogens is 1. The number of carbonyl (C=O) groups is 2. The van der Waals surface area contributed by atoms with Crippen molar-refractivity contribution < 1.29 is 9.59 Å².